The fourth-order valence-electron chi connectivity index (χ4n) is 1.24. The maximum atomic E-state index is 11.4. The molecular weight excluding hydrogens is 184 g/mol. The lowest BCUT2D eigenvalue weighted by atomic mass is 10.3. The fraction of sp³-hybridized carbons (Fsp3) is 0.889. The minimum absolute atomic E-state index is 0.0584. The Bertz CT molecular complexity index is 169. The standard InChI is InChI=1S/C9H18N2O3/c1-2-13-5-4-11-9(12)8-7-10-3-6-14-8/h8,10H,2-7H2,1H3,(H,11,12)/t8-/m0/s1. The van der Waals surface area contributed by atoms with Gasteiger partial charge in [0.15, 0.2) is 0 Å². The highest BCUT2D eigenvalue weighted by Gasteiger charge is 2.20. The van der Waals surface area contributed by atoms with Crippen molar-refractivity contribution in [2.75, 3.05) is 39.5 Å². The Labute approximate surface area is 84.1 Å². The zero-order valence-corrected chi connectivity index (χ0v) is 8.54. The molecule has 1 rings (SSSR count). The third-order valence-electron chi connectivity index (χ3n) is 1.97. The van der Waals surface area contributed by atoms with Gasteiger partial charge >= 0.3 is 0 Å². The molecule has 14 heavy (non-hydrogen) atoms. The molecule has 0 unspecified atom stereocenters. The van der Waals surface area contributed by atoms with Gasteiger partial charge in [0.25, 0.3) is 5.91 Å². The number of morpholine rings is 1. The van der Waals surface area contributed by atoms with E-state index in [2.05, 4.69) is 10.6 Å². The zero-order valence-electron chi connectivity index (χ0n) is 8.54. The Morgan fingerprint density at radius 2 is 2.57 bits per heavy atom. The zero-order chi connectivity index (χ0) is 10.2. The Morgan fingerprint density at radius 1 is 1.71 bits per heavy atom. The van der Waals surface area contributed by atoms with Gasteiger partial charge in [-0.3, -0.25) is 4.79 Å². The highest BCUT2D eigenvalue weighted by molar-refractivity contribution is 5.81. The highest BCUT2D eigenvalue weighted by Crippen LogP contribution is 1.95. The second-order valence-electron chi connectivity index (χ2n) is 3.05. The summed E-state index contributed by atoms with van der Waals surface area (Å²) in [6.45, 7) is 5.73. The van der Waals surface area contributed by atoms with E-state index < -0.39 is 0 Å². The molecule has 1 heterocycles. The number of rotatable bonds is 5. The van der Waals surface area contributed by atoms with Gasteiger partial charge in [0.1, 0.15) is 6.10 Å². The van der Waals surface area contributed by atoms with E-state index in [1.165, 1.54) is 0 Å². The summed E-state index contributed by atoms with van der Waals surface area (Å²) in [7, 11) is 0. The van der Waals surface area contributed by atoms with Crippen LogP contribution in [0.1, 0.15) is 6.92 Å². The summed E-state index contributed by atoms with van der Waals surface area (Å²) < 4.78 is 10.4. The molecule has 0 radical (unpaired) electrons. The van der Waals surface area contributed by atoms with Crippen molar-refractivity contribution in [3.05, 3.63) is 0 Å². The molecule has 1 fully saturated rings. The number of ether oxygens (including phenoxy) is 2. The van der Waals surface area contributed by atoms with Crippen molar-refractivity contribution in [2.45, 2.75) is 13.0 Å². The molecule has 0 aromatic carbocycles. The fourth-order valence-corrected chi connectivity index (χ4v) is 1.24. The van der Waals surface area contributed by atoms with Gasteiger partial charge in [-0.1, -0.05) is 0 Å². The van der Waals surface area contributed by atoms with Crippen LogP contribution in [-0.4, -0.2) is 51.5 Å². The molecule has 0 aromatic rings. The molecule has 1 saturated heterocycles. The first kappa shape index (κ1) is 11.4. The number of nitrogens with one attached hydrogen (secondary N) is 2. The number of carbonyl (C=O) groups excluding carboxylic acids is 1. The molecule has 1 aliphatic heterocycles. The molecule has 1 amide bonds. The minimum Gasteiger partial charge on any atom is -0.380 e. The third-order valence-corrected chi connectivity index (χ3v) is 1.97. The average Bonchev–Trinajstić information content (AvgIpc) is 2.25. The van der Waals surface area contributed by atoms with E-state index in [4.69, 9.17) is 9.47 Å². The van der Waals surface area contributed by atoms with E-state index >= 15 is 0 Å². The van der Waals surface area contributed by atoms with Crippen LogP contribution in [0.5, 0.6) is 0 Å². The van der Waals surface area contributed by atoms with Gasteiger partial charge < -0.3 is 20.1 Å². The van der Waals surface area contributed by atoms with Gasteiger partial charge in [0.2, 0.25) is 0 Å². The van der Waals surface area contributed by atoms with Crippen LogP contribution in [0.15, 0.2) is 0 Å². The van der Waals surface area contributed by atoms with Gasteiger partial charge in [-0.25, -0.2) is 0 Å². The number of hydrogen-bond donors (Lipinski definition) is 2. The first-order valence-electron chi connectivity index (χ1n) is 5.02. The molecule has 0 bridgehead atoms. The Morgan fingerprint density at radius 3 is 3.21 bits per heavy atom. The molecule has 1 atom stereocenters. The SMILES string of the molecule is CCOCCNC(=O)[C@@H]1CNCCO1. The second-order valence-corrected chi connectivity index (χ2v) is 3.05. The van der Waals surface area contributed by atoms with Crippen LogP contribution in [0, 0.1) is 0 Å². The van der Waals surface area contributed by atoms with E-state index in [9.17, 15) is 4.79 Å². The number of hydrogen-bond acceptors (Lipinski definition) is 4. The molecule has 1 aliphatic rings. The highest BCUT2D eigenvalue weighted by atomic mass is 16.5. The van der Waals surface area contributed by atoms with Gasteiger partial charge in [0.05, 0.1) is 13.2 Å². The second kappa shape index (κ2) is 6.75. The van der Waals surface area contributed by atoms with Crippen LogP contribution in [0.2, 0.25) is 0 Å². The molecule has 5 heteroatoms. The lowest BCUT2D eigenvalue weighted by Crippen LogP contribution is -2.48. The molecule has 0 aliphatic carbocycles. The van der Waals surface area contributed by atoms with E-state index in [-0.39, 0.29) is 12.0 Å². The smallest absolute Gasteiger partial charge is 0.250 e. The Hall–Kier alpha value is -0.650. The van der Waals surface area contributed by atoms with Crippen molar-refractivity contribution in [2.24, 2.45) is 0 Å². The first-order chi connectivity index (χ1) is 6.84. The average molecular weight is 202 g/mol. The maximum Gasteiger partial charge on any atom is 0.250 e. The molecular formula is C9H18N2O3. The van der Waals surface area contributed by atoms with Crippen molar-refractivity contribution in [1.82, 2.24) is 10.6 Å². The lowest BCUT2D eigenvalue weighted by Gasteiger charge is -2.22. The number of carbonyl (C=O) groups is 1. The van der Waals surface area contributed by atoms with Crippen LogP contribution in [-0.2, 0) is 14.3 Å². The quantitative estimate of drug-likeness (QED) is 0.569. The molecule has 5 nitrogen and oxygen atoms in total. The summed E-state index contributed by atoms with van der Waals surface area (Å²) in [5, 5.41) is 5.86. The van der Waals surface area contributed by atoms with Crippen molar-refractivity contribution >= 4 is 5.91 Å². The predicted octanol–water partition coefficient (Wildman–Crippen LogP) is -0.872. The minimum atomic E-state index is -0.342. The summed E-state index contributed by atoms with van der Waals surface area (Å²) >= 11 is 0. The van der Waals surface area contributed by atoms with Gasteiger partial charge in [-0.2, -0.15) is 0 Å². The summed E-state index contributed by atoms with van der Waals surface area (Å²) in [5.74, 6) is -0.0584. The summed E-state index contributed by atoms with van der Waals surface area (Å²) in [6.07, 6.45) is -0.342. The van der Waals surface area contributed by atoms with E-state index in [0.29, 0.717) is 32.9 Å². The molecule has 0 aromatic heterocycles. The Kier molecular flexibility index (Phi) is 5.51. The van der Waals surface area contributed by atoms with Crippen LogP contribution in [0.3, 0.4) is 0 Å². The Balaban J connectivity index is 2.07. The first-order valence-corrected chi connectivity index (χ1v) is 5.02. The van der Waals surface area contributed by atoms with Crippen molar-refractivity contribution in [1.29, 1.82) is 0 Å². The molecule has 2 N–H and O–H groups in total. The van der Waals surface area contributed by atoms with Crippen molar-refractivity contribution in [3.8, 4) is 0 Å². The summed E-state index contributed by atoms with van der Waals surface area (Å²) in [6, 6.07) is 0. The normalized spacial score (nSPS) is 21.9. The summed E-state index contributed by atoms with van der Waals surface area (Å²) in [4.78, 5) is 11.4. The molecule has 0 saturated carbocycles. The maximum absolute atomic E-state index is 11.4. The van der Waals surface area contributed by atoms with Crippen LogP contribution >= 0.6 is 0 Å². The lowest BCUT2D eigenvalue weighted by molar-refractivity contribution is -0.134. The predicted molar refractivity (Wildman–Crippen MR) is 52.1 cm³/mol. The molecule has 82 valence electrons. The summed E-state index contributed by atoms with van der Waals surface area (Å²) in [5.41, 5.74) is 0. The van der Waals surface area contributed by atoms with Gasteiger partial charge in [-0.05, 0) is 6.92 Å². The number of amides is 1. The van der Waals surface area contributed by atoms with Gasteiger partial charge in [0, 0.05) is 26.2 Å². The van der Waals surface area contributed by atoms with E-state index in [1.54, 1.807) is 0 Å². The van der Waals surface area contributed by atoms with Crippen molar-refractivity contribution < 1.29 is 14.3 Å². The van der Waals surface area contributed by atoms with Crippen LogP contribution < -0.4 is 10.6 Å². The largest absolute Gasteiger partial charge is 0.380 e. The van der Waals surface area contributed by atoms with Crippen molar-refractivity contribution in [3.63, 3.8) is 0 Å². The van der Waals surface area contributed by atoms with Gasteiger partial charge in [-0.15, -0.1) is 0 Å². The van der Waals surface area contributed by atoms with Crippen LogP contribution in [0.25, 0.3) is 0 Å². The monoisotopic (exact) mass is 202 g/mol. The third kappa shape index (κ3) is 4.04. The van der Waals surface area contributed by atoms with E-state index in [0.717, 1.165) is 6.54 Å². The molecule has 0 spiro atoms. The topological polar surface area (TPSA) is 59.6 Å². The van der Waals surface area contributed by atoms with Crippen LogP contribution in [0.4, 0.5) is 0 Å². The van der Waals surface area contributed by atoms with E-state index in [1.807, 2.05) is 6.92 Å².